The van der Waals surface area contributed by atoms with Gasteiger partial charge < -0.3 is 9.64 Å². The summed E-state index contributed by atoms with van der Waals surface area (Å²) in [5, 5.41) is 0. The van der Waals surface area contributed by atoms with Crippen molar-refractivity contribution in [2.75, 3.05) is 22.2 Å². The molecule has 7 heteroatoms. The van der Waals surface area contributed by atoms with Crippen molar-refractivity contribution in [3.63, 3.8) is 0 Å². The topological polar surface area (TPSA) is 49.9 Å². The number of nitrogens with zero attached hydrogens (tertiary/aromatic N) is 2. The quantitative estimate of drug-likeness (QED) is 0.568. The number of hydrogen-bond acceptors (Lipinski definition) is 4. The number of amides is 2. The van der Waals surface area contributed by atoms with Gasteiger partial charge in [0.25, 0.3) is 5.91 Å². The molecule has 0 N–H and O–H groups in total. The molecule has 2 amide bonds. The molecule has 1 fully saturated rings. The van der Waals surface area contributed by atoms with E-state index < -0.39 is 4.87 Å². The van der Waals surface area contributed by atoms with Crippen molar-refractivity contribution in [3.8, 4) is 5.75 Å². The molecule has 2 aliphatic rings. The van der Waals surface area contributed by atoms with Crippen molar-refractivity contribution in [1.82, 2.24) is 0 Å². The highest BCUT2D eigenvalue weighted by Crippen LogP contribution is 2.56. The molecular weight excluding hydrogens is 427 g/mol. The first kappa shape index (κ1) is 20.6. The van der Waals surface area contributed by atoms with E-state index in [1.54, 1.807) is 21.9 Å². The fourth-order valence-electron chi connectivity index (χ4n) is 4.34. The Labute approximate surface area is 189 Å². The minimum atomic E-state index is -1.17. The largest absolute Gasteiger partial charge is 0.494 e. The summed E-state index contributed by atoms with van der Waals surface area (Å²) in [6, 6.07) is 20.9. The standard InChI is InChI=1S/C25H21FN2O3S/c1-2-31-20-13-11-19(12-14-20)28-23(29)16-32-25(28)21-5-3-4-6-22(21)27(24(25)30)15-17-7-9-18(26)10-8-17/h3-14H,2,15-16H2,1H3. The van der Waals surface area contributed by atoms with Crippen LogP contribution < -0.4 is 14.5 Å². The van der Waals surface area contributed by atoms with E-state index in [-0.39, 0.29) is 23.4 Å². The van der Waals surface area contributed by atoms with Gasteiger partial charge in [0.2, 0.25) is 10.8 Å². The number of hydrogen-bond donors (Lipinski definition) is 0. The number of fused-ring (bicyclic) bond motifs is 2. The summed E-state index contributed by atoms with van der Waals surface area (Å²) in [6.45, 7) is 2.75. The molecule has 1 atom stereocenters. The highest BCUT2D eigenvalue weighted by molar-refractivity contribution is 8.02. The van der Waals surface area contributed by atoms with Gasteiger partial charge in [-0.2, -0.15) is 0 Å². The van der Waals surface area contributed by atoms with Crippen LogP contribution in [0.4, 0.5) is 15.8 Å². The van der Waals surface area contributed by atoms with Gasteiger partial charge in [0.1, 0.15) is 11.6 Å². The normalized spacial score (nSPS) is 19.7. The van der Waals surface area contributed by atoms with E-state index in [2.05, 4.69) is 0 Å². The summed E-state index contributed by atoms with van der Waals surface area (Å²) in [6.07, 6.45) is 0. The summed E-state index contributed by atoms with van der Waals surface area (Å²) < 4.78 is 18.9. The number of ether oxygens (including phenoxy) is 1. The number of rotatable bonds is 5. The smallest absolute Gasteiger partial charge is 0.269 e. The number of benzene rings is 3. The molecule has 0 radical (unpaired) electrons. The molecule has 0 aromatic heterocycles. The molecule has 5 nitrogen and oxygen atoms in total. The maximum Gasteiger partial charge on any atom is 0.269 e. The van der Waals surface area contributed by atoms with Crippen LogP contribution in [0.3, 0.4) is 0 Å². The molecule has 0 saturated carbocycles. The van der Waals surface area contributed by atoms with E-state index in [1.807, 2.05) is 55.5 Å². The van der Waals surface area contributed by atoms with E-state index in [1.165, 1.54) is 23.9 Å². The average molecular weight is 449 g/mol. The van der Waals surface area contributed by atoms with Gasteiger partial charge in [0, 0.05) is 11.3 Å². The summed E-state index contributed by atoms with van der Waals surface area (Å²) >= 11 is 1.34. The second kappa shape index (κ2) is 7.98. The Morgan fingerprint density at radius 2 is 1.72 bits per heavy atom. The summed E-state index contributed by atoms with van der Waals surface area (Å²) in [5.74, 6) is 0.300. The lowest BCUT2D eigenvalue weighted by Crippen LogP contribution is -2.49. The fourth-order valence-corrected chi connectivity index (χ4v) is 5.70. The molecule has 2 heterocycles. The first-order valence-electron chi connectivity index (χ1n) is 10.4. The first-order chi connectivity index (χ1) is 15.5. The van der Waals surface area contributed by atoms with E-state index in [9.17, 15) is 14.0 Å². The fraction of sp³-hybridized carbons (Fsp3) is 0.200. The molecule has 5 rings (SSSR count). The SMILES string of the molecule is CCOc1ccc(N2C(=O)CSC23C(=O)N(Cc2ccc(F)cc2)c2ccccc23)cc1. The van der Waals surface area contributed by atoms with Gasteiger partial charge in [0.15, 0.2) is 0 Å². The Morgan fingerprint density at radius 3 is 2.44 bits per heavy atom. The van der Waals surface area contributed by atoms with Gasteiger partial charge in [-0.05, 0) is 55.0 Å². The summed E-state index contributed by atoms with van der Waals surface area (Å²) in [4.78, 5) is 29.2. The van der Waals surface area contributed by atoms with Crippen LogP contribution in [0, 0.1) is 5.82 Å². The zero-order valence-electron chi connectivity index (χ0n) is 17.5. The molecule has 1 unspecified atom stereocenters. The molecular formula is C25H21FN2O3S. The van der Waals surface area contributed by atoms with Crippen LogP contribution in [0.2, 0.25) is 0 Å². The van der Waals surface area contributed by atoms with Gasteiger partial charge in [0.05, 0.1) is 24.6 Å². The van der Waals surface area contributed by atoms with Crippen LogP contribution in [0.1, 0.15) is 18.1 Å². The number of anilines is 2. The van der Waals surface area contributed by atoms with Gasteiger partial charge in [-0.25, -0.2) is 4.39 Å². The molecule has 32 heavy (non-hydrogen) atoms. The predicted octanol–water partition coefficient (Wildman–Crippen LogP) is 4.70. The molecule has 0 bridgehead atoms. The van der Waals surface area contributed by atoms with Crippen LogP contribution in [0.25, 0.3) is 0 Å². The van der Waals surface area contributed by atoms with Crippen molar-refractivity contribution in [2.45, 2.75) is 18.3 Å². The Hall–Kier alpha value is -3.32. The van der Waals surface area contributed by atoms with E-state index >= 15 is 0 Å². The molecule has 3 aromatic rings. The number of halogens is 1. The van der Waals surface area contributed by atoms with E-state index in [0.29, 0.717) is 24.6 Å². The van der Waals surface area contributed by atoms with Gasteiger partial charge in [-0.1, -0.05) is 30.3 Å². The van der Waals surface area contributed by atoms with Crippen molar-refractivity contribution in [1.29, 1.82) is 0 Å². The molecule has 162 valence electrons. The van der Waals surface area contributed by atoms with Gasteiger partial charge >= 0.3 is 0 Å². The van der Waals surface area contributed by atoms with Crippen molar-refractivity contribution >= 4 is 35.0 Å². The third-order valence-corrected chi connectivity index (χ3v) is 7.11. The van der Waals surface area contributed by atoms with Gasteiger partial charge in [-0.3, -0.25) is 14.5 Å². The lowest BCUT2D eigenvalue weighted by Gasteiger charge is -2.33. The number of carbonyl (C=O) groups excluding carboxylic acids is 2. The van der Waals surface area contributed by atoms with Crippen LogP contribution >= 0.6 is 11.8 Å². The second-order valence-electron chi connectivity index (χ2n) is 7.62. The first-order valence-corrected chi connectivity index (χ1v) is 11.4. The summed E-state index contributed by atoms with van der Waals surface area (Å²) in [7, 11) is 0. The lowest BCUT2D eigenvalue weighted by atomic mass is 10.0. The summed E-state index contributed by atoms with van der Waals surface area (Å²) in [5.41, 5.74) is 3.01. The van der Waals surface area contributed by atoms with Gasteiger partial charge in [-0.15, -0.1) is 11.8 Å². The van der Waals surface area contributed by atoms with E-state index in [4.69, 9.17) is 4.74 Å². The molecule has 3 aromatic carbocycles. The Kier molecular flexibility index (Phi) is 5.13. The maximum atomic E-state index is 14.0. The Balaban J connectivity index is 1.58. The second-order valence-corrected chi connectivity index (χ2v) is 8.79. The van der Waals surface area contributed by atoms with Crippen molar-refractivity contribution in [2.24, 2.45) is 0 Å². The number of carbonyl (C=O) groups is 2. The molecule has 0 aliphatic carbocycles. The van der Waals surface area contributed by atoms with Crippen LogP contribution in [-0.2, 0) is 21.0 Å². The zero-order valence-corrected chi connectivity index (χ0v) is 18.3. The van der Waals surface area contributed by atoms with Crippen LogP contribution in [0.15, 0.2) is 72.8 Å². The van der Waals surface area contributed by atoms with Crippen LogP contribution in [-0.4, -0.2) is 24.2 Å². The predicted molar refractivity (Wildman–Crippen MR) is 123 cm³/mol. The van der Waals surface area contributed by atoms with Crippen molar-refractivity contribution in [3.05, 3.63) is 89.7 Å². The number of para-hydroxylation sites is 1. The third-order valence-electron chi connectivity index (χ3n) is 5.72. The highest BCUT2D eigenvalue weighted by Gasteiger charge is 2.60. The minimum absolute atomic E-state index is 0.119. The monoisotopic (exact) mass is 448 g/mol. The Morgan fingerprint density at radius 1 is 1.00 bits per heavy atom. The highest BCUT2D eigenvalue weighted by atomic mass is 32.2. The molecule has 1 spiro atoms. The van der Waals surface area contributed by atoms with Crippen molar-refractivity contribution < 1.29 is 18.7 Å². The maximum absolute atomic E-state index is 14.0. The van der Waals surface area contributed by atoms with E-state index in [0.717, 1.165) is 16.8 Å². The Bertz CT molecular complexity index is 1180. The lowest BCUT2D eigenvalue weighted by molar-refractivity contribution is -0.123. The number of thioether (sulfide) groups is 1. The average Bonchev–Trinajstić information content (AvgIpc) is 3.27. The minimum Gasteiger partial charge on any atom is -0.494 e. The molecule has 1 saturated heterocycles. The van der Waals surface area contributed by atoms with Crippen LogP contribution in [0.5, 0.6) is 5.75 Å². The molecule has 2 aliphatic heterocycles. The zero-order chi connectivity index (χ0) is 22.3. The third kappa shape index (κ3) is 3.15.